The highest BCUT2D eigenvalue weighted by Gasteiger charge is 2.30. The number of ether oxygens (including phenoxy) is 1. The lowest BCUT2D eigenvalue weighted by atomic mass is 10.2. The Labute approximate surface area is 155 Å². The van der Waals surface area contributed by atoms with Crippen LogP contribution in [0.1, 0.15) is 19.4 Å². The second-order valence-electron chi connectivity index (χ2n) is 5.29. The number of halogens is 1. The summed E-state index contributed by atoms with van der Waals surface area (Å²) in [6.45, 7) is 6.37. The number of benzene rings is 1. The molecule has 1 aromatic carbocycles. The van der Waals surface area contributed by atoms with E-state index in [4.69, 9.17) is 4.74 Å². The summed E-state index contributed by atoms with van der Waals surface area (Å²) in [5, 5.41) is 3.80. The third-order valence-corrected chi connectivity index (χ3v) is 6.50. The number of hydrogen-bond donors (Lipinski definition) is 0. The molecule has 0 aliphatic carbocycles. The SMILES string of the molecule is CCN(CC)C(=O)n1cc(Br)c(S(=O)(=O)c2c(C)cccc2OC)n1. The molecule has 1 aromatic heterocycles. The molecule has 0 spiro atoms. The fourth-order valence-corrected chi connectivity index (χ4v) is 5.00. The Morgan fingerprint density at radius 3 is 2.52 bits per heavy atom. The van der Waals surface area contributed by atoms with E-state index in [-0.39, 0.29) is 26.2 Å². The van der Waals surface area contributed by atoms with Gasteiger partial charge in [-0.1, -0.05) is 12.1 Å². The van der Waals surface area contributed by atoms with Crippen LogP contribution in [0, 0.1) is 6.92 Å². The summed E-state index contributed by atoms with van der Waals surface area (Å²) in [5.74, 6) is 0.233. The zero-order valence-electron chi connectivity index (χ0n) is 14.5. The van der Waals surface area contributed by atoms with Gasteiger partial charge < -0.3 is 9.64 Å². The summed E-state index contributed by atoms with van der Waals surface area (Å²) in [4.78, 5) is 14.0. The van der Waals surface area contributed by atoms with E-state index in [2.05, 4.69) is 21.0 Å². The number of nitrogens with zero attached hydrogens (tertiary/aromatic N) is 3. The molecule has 0 saturated heterocycles. The summed E-state index contributed by atoms with van der Waals surface area (Å²) in [6.07, 6.45) is 1.36. The summed E-state index contributed by atoms with van der Waals surface area (Å²) in [7, 11) is -2.56. The second-order valence-corrected chi connectivity index (χ2v) is 7.95. The normalized spacial score (nSPS) is 11.4. The predicted octanol–water partition coefficient (Wildman–Crippen LogP) is 3.11. The van der Waals surface area contributed by atoms with Crippen LogP contribution in [0.3, 0.4) is 0 Å². The minimum absolute atomic E-state index is 0.0405. The second kappa shape index (κ2) is 7.57. The minimum atomic E-state index is -3.97. The van der Waals surface area contributed by atoms with E-state index >= 15 is 0 Å². The zero-order valence-corrected chi connectivity index (χ0v) is 16.9. The van der Waals surface area contributed by atoms with Gasteiger partial charge in [-0.05, 0) is 48.3 Å². The van der Waals surface area contributed by atoms with E-state index < -0.39 is 9.84 Å². The highest BCUT2D eigenvalue weighted by molar-refractivity contribution is 9.10. The topological polar surface area (TPSA) is 81.5 Å². The van der Waals surface area contributed by atoms with Crippen LogP contribution in [0.4, 0.5) is 4.79 Å². The molecule has 136 valence electrons. The maximum atomic E-state index is 13.1. The Morgan fingerprint density at radius 2 is 1.96 bits per heavy atom. The molecule has 2 aromatic rings. The van der Waals surface area contributed by atoms with Gasteiger partial charge >= 0.3 is 6.03 Å². The maximum absolute atomic E-state index is 13.1. The molecule has 9 heteroatoms. The summed E-state index contributed by atoms with van der Waals surface area (Å²) in [6, 6.07) is 4.58. The molecule has 0 saturated carbocycles. The van der Waals surface area contributed by atoms with Crippen LogP contribution in [-0.4, -0.2) is 49.3 Å². The van der Waals surface area contributed by atoms with E-state index in [0.717, 1.165) is 4.68 Å². The monoisotopic (exact) mass is 429 g/mol. The maximum Gasteiger partial charge on any atom is 0.344 e. The molecule has 0 radical (unpaired) electrons. The van der Waals surface area contributed by atoms with Crippen LogP contribution in [0.5, 0.6) is 5.75 Å². The van der Waals surface area contributed by atoms with Gasteiger partial charge in [-0.15, -0.1) is 0 Å². The first-order valence-electron chi connectivity index (χ1n) is 7.71. The van der Waals surface area contributed by atoms with E-state index in [0.29, 0.717) is 18.7 Å². The molecule has 0 aliphatic heterocycles. The third kappa shape index (κ3) is 3.57. The average Bonchev–Trinajstić information content (AvgIpc) is 2.98. The van der Waals surface area contributed by atoms with Crippen LogP contribution in [0.2, 0.25) is 0 Å². The van der Waals surface area contributed by atoms with Crippen molar-refractivity contribution in [2.24, 2.45) is 0 Å². The molecule has 1 amide bonds. The summed E-state index contributed by atoms with van der Waals surface area (Å²) in [5.41, 5.74) is 0.538. The molecule has 0 unspecified atom stereocenters. The Balaban J connectivity index is 2.58. The number of methoxy groups -OCH3 is 1. The molecule has 7 nitrogen and oxygen atoms in total. The molecule has 0 bridgehead atoms. The highest BCUT2D eigenvalue weighted by atomic mass is 79.9. The number of aromatic nitrogens is 2. The van der Waals surface area contributed by atoms with E-state index in [9.17, 15) is 13.2 Å². The van der Waals surface area contributed by atoms with Crippen molar-refractivity contribution in [1.82, 2.24) is 14.7 Å². The van der Waals surface area contributed by atoms with E-state index in [1.54, 1.807) is 30.0 Å². The minimum Gasteiger partial charge on any atom is -0.495 e. The lowest BCUT2D eigenvalue weighted by Crippen LogP contribution is -2.34. The van der Waals surface area contributed by atoms with Gasteiger partial charge in [0.2, 0.25) is 9.84 Å². The van der Waals surface area contributed by atoms with Crippen molar-refractivity contribution in [2.45, 2.75) is 30.7 Å². The molecule has 0 atom stereocenters. The number of carbonyl (C=O) groups excluding carboxylic acids is 1. The van der Waals surface area contributed by atoms with Crippen LogP contribution >= 0.6 is 15.9 Å². The fraction of sp³-hybridized carbons (Fsp3) is 0.375. The number of sulfone groups is 1. The van der Waals surface area contributed by atoms with Gasteiger partial charge in [-0.3, -0.25) is 0 Å². The first-order chi connectivity index (χ1) is 11.8. The van der Waals surface area contributed by atoms with Crippen LogP contribution in [-0.2, 0) is 9.84 Å². The smallest absolute Gasteiger partial charge is 0.344 e. The Hall–Kier alpha value is -1.87. The van der Waals surface area contributed by atoms with E-state index in [1.807, 2.05) is 13.8 Å². The number of rotatable bonds is 5. The van der Waals surface area contributed by atoms with Crippen molar-refractivity contribution < 1.29 is 17.9 Å². The summed E-state index contributed by atoms with van der Waals surface area (Å²) >= 11 is 3.21. The van der Waals surface area contributed by atoms with Crippen LogP contribution < -0.4 is 4.74 Å². The third-order valence-electron chi connectivity index (χ3n) is 3.79. The highest BCUT2D eigenvalue weighted by Crippen LogP contribution is 2.34. The van der Waals surface area contributed by atoms with Gasteiger partial charge in [-0.2, -0.15) is 9.78 Å². The van der Waals surface area contributed by atoms with Gasteiger partial charge in [0.1, 0.15) is 10.6 Å². The standard InChI is InChI=1S/C16H20BrN3O4S/c1-5-19(6-2)16(21)20-10-12(17)15(18-20)25(22,23)14-11(3)8-7-9-13(14)24-4/h7-10H,5-6H2,1-4H3. The van der Waals surface area contributed by atoms with Crippen molar-refractivity contribution in [3.05, 3.63) is 34.4 Å². The quantitative estimate of drug-likeness (QED) is 0.728. The van der Waals surface area contributed by atoms with Gasteiger partial charge in [0.15, 0.2) is 5.03 Å². The summed E-state index contributed by atoms with van der Waals surface area (Å²) < 4.78 is 32.6. The molecule has 0 aliphatic rings. The van der Waals surface area contributed by atoms with Gasteiger partial charge in [0.05, 0.1) is 17.8 Å². The number of hydrogen-bond acceptors (Lipinski definition) is 5. The number of carbonyl (C=O) groups is 1. The predicted molar refractivity (Wildman–Crippen MR) is 96.8 cm³/mol. The van der Waals surface area contributed by atoms with Crippen molar-refractivity contribution in [3.63, 3.8) is 0 Å². The van der Waals surface area contributed by atoms with Crippen molar-refractivity contribution in [2.75, 3.05) is 20.2 Å². The van der Waals surface area contributed by atoms with Gasteiger partial charge in [0.25, 0.3) is 0 Å². The Kier molecular flexibility index (Phi) is 5.89. The Bertz CT molecular complexity index is 889. The largest absolute Gasteiger partial charge is 0.495 e. The zero-order chi connectivity index (χ0) is 18.8. The van der Waals surface area contributed by atoms with E-state index in [1.165, 1.54) is 13.3 Å². The van der Waals surface area contributed by atoms with Gasteiger partial charge in [-0.25, -0.2) is 13.2 Å². The Morgan fingerprint density at radius 1 is 1.32 bits per heavy atom. The first kappa shape index (κ1) is 19.5. The average molecular weight is 430 g/mol. The van der Waals surface area contributed by atoms with Crippen molar-refractivity contribution >= 4 is 31.8 Å². The van der Waals surface area contributed by atoms with Crippen molar-refractivity contribution in [3.8, 4) is 5.75 Å². The van der Waals surface area contributed by atoms with Crippen LogP contribution in [0.25, 0.3) is 0 Å². The fourth-order valence-electron chi connectivity index (χ4n) is 2.48. The molecule has 25 heavy (non-hydrogen) atoms. The molecular weight excluding hydrogens is 410 g/mol. The first-order valence-corrected chi connectivity index (χ1v) is 9.98. The van der Waals surface area contributed by atoms with Crippen LogP contribution in [0.15, 0.2) is 38.8 Å². The lowest BCUT2D eigenvalue weighted by Gasteiger charge is -2.17. The van der Waals surface area contributed by atoms with Crippen molar-refractivity contribution in [1.29, 1.82) is 0 Å². The number of aryl methyl sites for hydroxylation is 1. The molecule has 2 rings (SSSR count). The molecule has 0 fully saturated rings. The molecule has 0 N–H and O–H groups in total. The molecule has 1 heterocycles. The molecular formula is C16H20BrN3O4S. The lowest BCUT2D eigenvalue weighted by molar-refractivity contribution is 0.201. The number of amides is 1. The van der Waals surface area contributed by atoms with Gasteiger partial charge in [0, 0.05) is 13.1 Å².